The Kier molecular flexibility index (Phi) is 5.18. The van der Waals surface area contributed by atoms with Crippen LogP contribution in [0.4, 0.5) is 5.69 Å². The van der Waals surface area contributed by atoms with Gasteiger partial charge < -0.3 is 10.5 Å². The summed E-state index contributed by atoms with van der Waals surface area (Å²) in [6.07, 6.45) is 0.755. The van der Waals surface area contributed by atoms with Gasteiger partial charge in [-0.15, -0.1) is 0 Å². The molecule has 0 spiro atoms. The van der Waals surface area contributed by atoms with Crippen molar-refractivity contribution < 1.29 is 8.95 Å². The van der Waals surface area contributed by atoms with Crippen molar-refractivity contribution in [1.82, 2.24) is 0 Å². The van der Waals surface area contributed by atoms with Gasteiger partial charge in [0.05, 0.1) is 17.4 Å². The highest BCUT2D eigenvalue weighted by molar-refractivity contribution is 7.85. The van der Waals surface area contributed by atoms with E-state index < -0.39 is 10.8 Å². The van der Waals surface area contributed by atoms with E-state index in [1.165, 1.54) is 0 Å². The third-order valence-electron chi connectivity index (χ3n) is 2.99. The van der Waals surface area contributed by atoms with Crippen molar-refractivity contribution in [3.8, 4) is 5.75 Å². The van der Waals surface area contributed by atoms with Gasteiger partial charge in [0.15, 0.2) is 0 Å². The number of aryl methyl sites for hydroxylation is 1. The van der Waals surface area contributed by atoms with Gasteiger partial charge in [0.25, 0.3) is 0 Å². The first kappa shape index (κ1) is 14.6. The lowest BCUT2D eigenvalue weighted by molar-refractivity contribution is 0.318. The molecule has 2 aromatic carbocycles. The van der Waals surface area contributed by atoms with E-state index in [1.54, 1.807) is 0 Å². The van der Waals surface area contributed by atoms with Crippen LogP contribution in [0.1, 0.15) is 12.0 Å². The average Bonchev–Trinajstić information content (AvgIpc) is 2.47. The van der Waals surface area contributed by atoms with E-state index in [9.17, 15) is 4.21 Å². The smallest absolute Gasteiger partial charge is 0.119 e. The molecule has 1 unspecified atom stereocenters. The predicted octanol–water partition coefficient (Wildman–Crippen LogP) is 3.15. The number of benzene rings is 2. The van der Waals surface area contributed by atoms with E-state index in [-0.39, 0.29) is 0 Å². The summed E-state index contributed by atoms with van der Waals surface area (Å²) < 4.78 is 17.7. The average molecular weight is 289 g/mol. The van der Waals surface area contributed by atoms with E-state index in [1.807, 2.05) is 55.5 Å². The molecule has 2 N–H and O–H groups in total. The summed E-state index contributed by atoms with van der Waals surface area (Å²) in [5.74, 6) is 1.44. The molecule has 0 saturated carbocycles. The third-order valence-corrected chi connectivity index (χ3v) is 4.43. The second-order valence-electron chi connectivity index (χ2n) is 4.58. The molecule has 0 radical (unpaired) electrons. The Hall–Kier alpha value is -1.81. The van der Waals surface area contributed by atoms with Gasteiger partial charge in [0.1, 0.15) is 5.75 Å². The van der Waals surface area contributed by atoms with Crippen LogP contribution in [0.3, 0.4) is 0 Å². The number of rotatable bonds is 6. The van der Waals surface area contributed by atoms with Gasteiger partial charge in [-0.1, -0.05) is 18.2 Å². The molecular weight excluding hydrogens is 270 g/mol. The molecule has 2 rings (SSSR count). The Balaban J connectivity index is 1.79. The van der Waals surface area contributed by atoms with Crippen molar-refractivity contribution in [2.75, 3.05) is 18.1 Å². The number of hydrogen-bond donors (Lipinski definition) is 1. The molecule has 0 aliphatic heterocycles. The van der Waals surface area contributed by atoms with E-state index >= 15 is 0 Å². The largest absolute Gasteiger partial charge is 0.494 e. The van der Waals surface area contributed by atoms with E-state index in [0.29, 0.717) is 12.4 Å². The summed E-state index contributed by atoms with van der Waals surface area (Å²) in [7, 11) is -0.995. The van der Waals surface area contributed by atoms with Crippen molar-refractivity contribution >= 4 is 16.5 Å². The molecule has 20 heavy (non-hydrogen) atoms. The van der Waals surface area contributed by atoms with Crippen LogP contribution in [-0.2, 0) is 10.8 Å². The Morgan fingerprint density at radius 1 is 1.15 bits per heavy atom. The first-order valence-electron chi connectivity index (χ1n) is 6.59. The van der Waals surface area contributed by atoms with Crippen LogP contribution >= 0.6 is 0 Å². The molecule has 0 fully saturated rings. The van der Waals surface area contributed by atoms with E-state index in [4.69, 9.17) is 10.5 Å². The minimum atomic E-state index is -0.995. The standard InChI is InChI=1S/C16H19NO2S/c1-13-12-15(8-9-16(13)17)20(18)11-5-10-19-14-6-3-2-4-7-14/h2-4,6-9,12H,5,10-11,17H2,1H3. The minimum absolute atomic E-state index is 0.573. The lowest BCUT2D eigenvalue weighted by Gasteiger charge is -2.07. The Labute approximate surface area is 122 Å². The number of anilines is 1. The number of nitrogens with two attached hydrogens (primary N) is 1. The molecular formula is C16H19NO2S. The fraction of sp³-hybridized carbons (Fsp3) is 0.250. The Morgan fingerprint density at radius 3 is 2.60 bits per heavy atom. The highest BCUT2D eigenvalue weighted by Crippen LogP contribution is 2.16. The van der Waals surface area contributed by atoms with Crippen LogP contribution in [-0.4, -0.2) is 16.6 Å². The van der Waals surface area contributed by atoms with Crippen molar-refractivity contribution in [2.45, 2.75) is 18.2 Å². The lowest BCUT2D eigenvalue weighted by Crippen LogP contribution is -2.05. The molecule has 2 aromatic rings. The van der Waals surface area contributed by atoms with Crippen LogP contribution < -0.4 is 10.5 Å². The molecule has 0 amide bonds. The van der Waals surface area contributed by atoms with Gasteiger partial charge in [0, 0.05) is 16.3 Å². The lowest BCUT2D eigenvalue weighted by atomic mass is 10.2. The number of hydrogen-bond acceptors (Lipinski definition) is 3. The molecule has 1 atom stereocenters. The van der Waals surface area contributed by atoms with Gasteiger partial charge in [-0.3, -0.25) is 4.21 Å². The third kappa shape index (κ3) is 4.10. The fourth-order valence-electron chi connectivity index (χ4n) is 1.80. The van der Waals surface area contributed by atoms with Crippen molar-refractivity contribution in [3.05, 3.63) is 54.1 Å². The zero-order chi connectivity index (χ0) is 14.4. The minimum Gasteiger partial charge on any atom is -0.494 e. The maximum Gasteiger partial charge on any atom is 0.119 e. The van der Waals surface area contributed by atoms with Crippen LogP contribution in [0.25, 0.3) is 0 Å². The second-order valence-corrected chi connectivity index (χ2v) is 6.15. The molecule has 0 aromatic heterocycles. The second kappa shape index (κ2) is 7.10. The summed E-state index contributed by atoms with van der Waals surface area (Å²) >= 11 is 0. The van der Waals surface area contributed by atoms with Gasteiger partial charge in [-0.2, -0.15) is 0 Å². The van der Waals surface area contributed by atoms with Gasteiger partial charge in [0.2, 0.25) is 0 Å². The molecule has 0 bridgehead atoms. The molecule has 0 aliphatic carbocycles. The van der Waals surface area contributed by atoms with Gasteiger partial charge >= 0.3 is 0 Å². The molecule has 106 valence electrons. The fourth-order valence-corrected chi connectivity index (χ4v) is 2.95. The summed E-state index contributed by atoms with van der Waals surface area (Å²) in [5, 5.41) is 0. The molecule has 3 nitrogen and oxygen atoms in total. The first-order valence-corrected chi connectivity index (χ1v) is 7.91. The molecule has 0 heterocycles. The molecule has 0 aliphatic rings. The summed E-state index contributed by atoms with van der Waals surface area (Å²) in [6.45, 7) is 2.50. The van der Waals surface area contributed by atoms with Crippen molar-refractivity contribution in [3.63, 3.8) is 0 Å². The predicted molar refractivity (Wildman–Crippen MR) is 83.4 cm³/mol. The Morgan fingerprint density at radius 2 is 1.90 bits per heavy atom. The number of para-hydroxylation sites is 1. The van der Waals surface area contributed by atoms with Crippen LogP contribution in [0.2, 0.25) is 0 Å². The molecule has 4 heteroatoms. The normalized spacial score (nSPS) is 12.1. The zero-order valence-corrected chi connectivity index (χ0v) is 12.4. The quantitative estimate of drug-likeness (QED) is 0.656. The van der Waals surface area contributed by atoms with Gasteiger partial charge in [-0.05, 0) is 49.2 Å². The summed E-state index contributed by atoms with van der Waals surface area (Å²) in [6, 6.07) is 15.2. The van der Waals surface area contributed by atoms with Gasteiger partial charge in [-0.25, -0.2) is 0 Å². The molecule has 0 saturated heterocycles. The highest BCUT2D eigenvalue weighted by atomic mass is 32.2. The zero-order valence-electron chi connectivity index (χ0n) is 11.5. The number of nitrogen functional groups attached to an aromatic ring is 1. The van der Waals surface area contributed by atoms with E-state index in [2.05, 4.69) is 0 Å². The first-order chi connectivity index (χ1) is 9.66. The monoisotopic (exact) mass is 289 g/mol. The van der Waals surface area contributed by atoms with E-state index in [0.717, 1.165) is 28.3 Å². The maximum absolute atomic E-state index is 12.1. The Bertz CT molecular complexity index is 584. The number of ether oxygens (including phenoxy) is 1. The van der Waals surface area contributed by atoms with Crippen LogP contribution in [0, 0.1) is 6.92 Å². The van der Waals surface area contributed by atoms with Crippen molar-refractivity contribution in [2.24, 2.45) is 0 Å². The summed E-state index contributed by atoms with van der Waals surface area (Å²) in [4.78, 5) is 0.830. The van der Waals surface area contributed by atoms with Crippen LogP contribution in [0.5, 0.6) is 5.75 Å². The summed E-state index contributed by atoms with van der Waals surface area (Å²) in [5.41, 5.74) is 7.46. The SMILES string of the molecule is Cc1cc(S(=O)CCCOc2ccccc2)ccc1N. The maximum atomic E-state index is 12.1. The highest BCUT2D eigenvalue weighted by Gasteiger charge is 2.05. The van der Waals surface area contributed by atoms with Crippen molar-refractivity contribution in [1.29, 1.82) is 0 Å². The topological polar surface area (TPSA) is 52.3 Å². The van der Waals surface area contributed by atoms with Crippen LogP contribution in [0.15, 0.2) is 53.4 Å².